The lowest BCUT2D eigenvalue weighted by atomic mass is 10.2. The molecule has 0 aliphatic rings. The standard InChI is InChI=1S/C16H13FN2O4S/c1-2-9-18-24(22,23)12-6-3-5-11(10-12)16(21)19-15-13(17)7-4-8-14(15)20/h1,3-8,10,18,20H,9H2,(H,19,21). The van der Waals surface area contributed by atoms with Gasteiger partial charge in [0.25, 0.3) is 5.91 Å². The van der Waals surface area contributed by atoms with Gasteiger partial charge in [-0.15, -0.1) is 6.42 Å². The van der Waals surface area contributed by atoms with E-state index in [9.17, 15) is 22.7 Å². The Morgan fingerprint density at radius 3 is 2.62 bits per heavy atom. The van der Waals surface area contributed by atoms with Crippen LogP contribution in [0.2, 0.25) is 0 Å². The number of para-hydroxylation sites is 1. The number of sulfonamides is 1. The topological polar surface area (TPSA) is 95.5 Å². The van der Waals surface area contributed by atoms with Crippen molar-refractivity contribution in [1.29, 1.82) is 0 Å². The third-order valence-corrected chi connectivity index (χ3v) is 4.40. The van der Waals surface area contributed by atoms with Crippen molar-refractivity contribution < 1.29 is 22.7 Å². The van der Waals surface area contributed by atoms with E-state index in [2.05, 4.69) is 16.0 Å². The molecule has 0 unspecified atom stereocenters. The Morgan fingerprint density at radius 2 is 1.96 bits per heavy atom. The van der Waals surface area contributed by atoms with Crippen LogP contribution < -0.4 is 10.0 Å². The molecule has 6 nitrogen and oxygen atoms in total. The number of anilines is 1. The molecule has 0 spiro atoms. The average molecular weight is 348 g/mol. The number of carbonyl (C=O) groups excluding carboxylic acids is 1. The van der Waals surface area contributed by atoms with Gasteiger partial charge in [0.2, 0.25) is 10.0 Å². The summed E-state index contributed by atoms with van der Waals surface area (Å²) in [6.45, 7) is -0.193. The number of benzene rings is 2. The molecule has 0 aliphatic heterocycles. The lowest BCUT2D eigenvalue weighted by molar-refractivity contribution is 0.102. The van der Waals surface area contributed by atoms with Crippen LogP contribution in [0.5, 0.6) is 5.75 Å². The van der Waals surface area contributed by atoms with Gasteiger partial charge in [-0.3, -0.25) is 4.79 Å². The molecule has 8 heteroatoms. The molecule has 0 aliphatic carbocycles. The zero-order chi connectivity index (χ0) is 17.7. The van der Waals surface area contributed by atoms with Crippen molar-refractivity contribution in [2.75, 3.05) is 11.9 Å². The third-order valence-electron chi connectivity index (χ3n) is 3.00. The maximum Gasteiger partial charge on any atom is 0.255 e. The van der Waals surface area contributed by atoms with Gasteiger partial charge < -0.3 is 10.4 Å². The molecule has 0 saturated carbocycles. The first-order chi connectivity index (χ1) is 11.3. The van der Waals surface area contributed by atoms with Gasteiger partial charge in [0.15, 0.2) is 5.82 Å². The Labute approximate surface area is 138 Å². The highest BCUT2D eigenvalue weighted by Crippen LogP contribution is 2.26. The zero-order valence-corrected chi connectivity index (χ0v) is 13.1. The Kier molecular flexibility index (Phi) is 5.18. The molecule has 24 heavy (non-hydrogen) atoms. The van der Waals surface area contributed by atoms with Crippen molar-refractivity contribution in [3.05, 3.63) is 53.8 Å². The average Bonchev–Trinajstić information content (AvgIpc) is 2.56. The summed E-state index contributed by atoms with van der Waals surface area (Å²) in [6.07, 6.45) is 5.01. The van der Waals surface area contributed by atoms with Crippen LogP contribution in [-0.2, 0) is 10.0 Å². The summed E-state index contributed by atoms with van der Waals surface area (Å²) in [7, 11) is -3.86. The number of aromatic hydroxyl groups is 1. The summed E-state index contributed by atoms with van der Waals surface area (Å²) in [5, 5.41) is 11.8. The minimum absolute atomic E-state index is 0.0266. The first kappa shape index (κ1) is 17.5. The fourth-order valence-electron chi connectivity index (χ4n) is 1.85. The minimum atomic E-state index is -3.86. The van der Waals surface area contributed by atoms with Crippen LogP contribution in [0, 0.1) is 18.2 Å². The van der Waals surface area contributed by atoms with Gasteiger partial charge in [0.05, 0.1) is 11.4 Å². The molecular formula is C16H13FN2O4S. The molecule has 1 amide bonds. The Bertz CT molecular complexity index is 900. The first-order valence-electron chi connectivity index (χ1n) is 6.67. The smallest absolute Gasteiger partial charge is 0.255 e. The fraction of sp³-hybridized carbons (Fsp3) is 0.0625. The second-order valence-corrected chi connectivity index (χ2v) is 6.41. The van der Waals surface area contributed by atoms with Crippen molar-refractivity contribution in [3.63, 3.8) is 0 Å². The number of phenolic OH excluding ortho intramolecular Hbond substituents is 1. The van der Waals surface area contributed by atoms with Crippen molar-refractivity contribution >= 4 is 21.6 Å². The maximum absolute atomic E-state index is 13.6. The van der Waals surface area contributed by atoms with E-state index in [0.29, 0.717) is 0 Å². The molecule has 2 aromatic rings. The van der Waals surface area contributed by atoms with Crippen LogP contribution >= 0.6 is 0 Å². The maximum atomic E-state index is 13.6. The number of hydrogen-bond donors (Lipinski definition) is 3. The number of amides is 1. The number of phenols is 1. The van der Waals surface area contributed by atoms with Crippen LogP contribution in [0.15, 0.2) is 47.4 Å². The van der Waals surface area contributed by atoms with Gasteiger partial charge in [-0.1, -0.05) is 18.1 Å². The molecule has 0 radical (unpaired) electrons. The van der Waals surface area contributed by atoms with Crippen LogP contribution in [0.4, 0.5) is 10.1 Å². The summed E-state index contributed by atoms with van der Waals surface area (Å²) in [5.41, 5.74) is -0.414. The Morgan fingerprint density at radius 1 is 1.25 bits per heavy atom. The number of halogens is 1. The van der Waals surface area contributed by atoms with Gasteiger partial charge in [-0.2, -0.15) is 4.72 Å². The number of hydrogen-bond acceptors (Lipinski definition) is 4. The largest absolute Gasteiger partial charge is 0.506 e. The van der Waals surface area contributed by atoms with Crippen molar-refractivity contribution in [2.45, 2.75) is 4.90 Å². The fourth-order valence-corrected chi connectivity index (χ4v) is 2.83. The van der Waals surface area contributed by atoms with Crippen LogP contribution in [0.25, 0.3) is 0 Å². The molecule has 3 N–H and O–H groups in total. The van der Waals surface area contributed by atoms with E-state index < -0.39 is 27.5 Å². The van der Waals surface area contributed by atoms with E-state index in [0.717, 1.165) is 12.1 Å². The molecule has 0 aromatic heterocycles. The van der Waals surface area contributed by atoms with Crippen molar-refractivity contribution in [3.8, 4) is 18.1 Å². The lowest BCUT2D eigenvalue weighted by Gasteiger charge is -2.09. The van der Waals surface area contributed by atoms with Gasteiger partial charge in [0, 0.05) is 5.56 Å². The quantitative estimate of drug-likeness (QED) is 0.566. The Hall–Kier alpha value is -2.89. The second kappa shape index (κ2) is 7.12. The molecule has 2 aromatic carbocycles. The first-order valence-corrected chi connectivity index (χ1v) is 8.15. The second-order valence-electron chi connectivity index (χ2n) is 4.64. The van der Waals surface area contributed by atoms with E-state index in [1.165, 1.54) is 30.3 Å². The van der Waals surface area contributed by atoms with Crippen LogP contribution in [0.1, 0.15) is 10.4 Å². The summed E-state index contributed by atoms with van der Waals surface area (Å²) in [6, 6.07) is 8.68. The minimum Gasteiger partial charge on any atom is -0.506 e. The summed E-state index contributed by atoms with van der Waals surface area (Å²) in [4.78, 5) is 12.0. The number of rotatable bonds is 5. The van der Waals surface area contributed by atoms with Crippen molar-refractivity contribution in [1.82, 2.24) is 4.72 Å². The number of nitrogens with one attached hydrogen (secondary N) is 2. The van der Waals surface area contributed by atoms with E-state index in [1.54, 1.807) is 0 Å². The lowest BCUT2D eigenvalue weighted by Crippen LogP contribution is -2.24. The number of carbonyl (C=O) groups is 1. The van der Waals surface area contributed by atoms with Crippen molar-refractivity contribution in [2.24, 2.45) is 0 Å². The molecule has 2 rings (SSSR count). The Balaban J connectivity index is 2.29. The van der Waals surface area contributed by atoms with Crippen LogP contribution in [0.3, 0.4) is 0 Å². The summed E-state index contributed by atoms with van der Waals surface area (Å²) >= 11 is 0. The number of terminal acetylenes is 1. The molecule has 124 valence electrons. The monoisotopic (exact) mass is 348 g/mol. The molecule has 0 heterocycles. The highest BCUT2D eigenvalue weighted by molar-refractivity contribution is 7.89. The molecule has 0 bridgehead atoms. The predicted molar refractivity (Wildman–Crippen MR) is 86.5 cm³/mol. The van der Waals surface area contributed by atoms with Crippen LogP contribution in [-0.4, -0.2) is 26.0 Å². The van der Waals surface area contributed by atoms with Gasteiger partial charge in [-0.25, -0.2) is 12.8 Å². The molecule has 0 atom stereocenters. The van der Waals surface area contributed by atoms with Gasteiger partial charge in [-0.05, 0) is 30.3 Å². The van der Waals surface area contributed by atoms with E-state index >= 15 is 0 Å². The molecule has 0 fully saturated rings. The zero-order valence-electron chi connectivity index (χ0n) is 12.3. The summed E-state index contributed by atoms with van der Waals surface area (Å²) in [5.74, 6) is 0.105. The normalized spacial score (nSPS) is 10.8. The molecular weight excluding hydrogens is 335 g/mol. The van der Waals surface area contributed by atoms with Gasteiger partial charge in [0.1, 0.15) is 11.4 Å². The molecule has 0 saturated heterocycles. The SMILES string of the molecule is C#CCNS(=O)(=O)c1cccc(C(=O)Nc2c(O)cccc2F)c1. The highest BCUT2D eigenvalue weighted by Gasteiger charge is 2.17. The highest BCUT2D eigenvalue weighted by atomic mass is 32.2. The van der Waals surface area contributed by atoms with E-state index in [1.807, 2.05) is 0 Å². The van der Waals surface area contributed by atoms with E-state index in [4.69, 9.17) is 6.42 Å². The van der Waals surface area contributed by atoms with E-state index in [-0.39, 0.29) is 22.7 Å². The predicted octanol–water partition coefficient (Wildman–Crippen LogP) is 1.70. The van der Waals surface area contributed by atoms with Gasteiger partial charge >= 0.3 is 0 Å². The summed E-state index contributed by atoms with van der Waals surface area (Å²) < 4.78 is 39.8. The third kappa shape index (κ3) is 3.90.